The van der Waals surface area contributed by atoms with E-state index in [-0.39, 0.29) is 20.1 Å². The Labute approximate surface area is 349 Å². The molecule has 9 aromatic rings. The van der Waals surface area contributed by atoms with Crippen LogP contribution in [0.3, 0.4) is 0 Å². The van der Waals surface area contributed by atoms with Crippen LogP contribution in [-0.4, -0.2) is 73.0 Å². The van der Waals surface area contributed by atoms with Gasteiger partial charge >= 0.3 is 20.1 Å². The first-order chi connectivity index (χ1) is 28.2. The fourth-order valence-corrected chi connectivity index (χ4v) is 8.21. The molecular formula is C48H42IrN6O3+3. The molecule has 288 valence electrons. The Balaban J connectivity index is 0.000000112. The second-order valence-corrected chi connectivity index (χ2v) is 14.6. The van der Waals surface area contributed by atoms with Crippen LogP contribution in [0.1, 0.15) is 16.7 Å². The van der Waals surface area contributed by atoms with Crippen LogP contribution in [0.4, 0.5) is 0 Å². The summed E-state index contributed by atoms with van der Waals surface area (Å²) in [6.07, 6.45) is 5.84. The van der Waals surface area contributed by atoms with Crippen LogP contribution >= 0.6 is 0 Å². The molecule has 0 saturated heterocycles. The van der Waals surface area contributed by atoms with Crippen molar-refractivity contribution in [1.29, 1.82) is 0 Å². The summed E-state index contributed by atoms with van der Waals surface area (Å²) in [5.41, 5.74) is 9.68. The topological polar surface area (TPSA) is 86.2 Å². The summed E-state index contributed by atoms with van der Waals surface area (Å²) < 4.78 is 17.7. The second-order valence-electron chi connectivity index (χ2n) is 14.6. The molecule has 3 aliphatic rings. The molecule has 6 aromatic carbocycles. The van der Waals surface area contributed by atoms with Crippen LogP contribution < -0.4 is 0 Å². The van der Waals surface area contributed by atoms with E-state index in [0.717, 1.165) is 92.4 Å². The van der Waals surface area contributed by atoms with E-state index in [2.05, 4.69) is 102 Å². The molecule has 0 bridgehead atoms. The van der Waals surface area contributed by atoms with Crippen molar-refractivity contribution in [2.75, 3.05) is 39.3 Å². The molecule has 3 aliphatic heterocycles. The van der Waals surface area contributed by atoms with Crippen LogP contribution in [0, 0.1) is 0 Å². The maximum atomic E-state index is 5.91. The van der Waals surface area contributed by atoms with E-state index in [0.29, 0.717) is 0 Å². The standard InChI is InChI=1S/3C16H14N2O.Ir/c3*1-2-6-14-13(5-1)16-12(4-3-7-15(16)19-14)10-18-9-8-17-11-18;/h3*1-7,11H,8-10H2;/q;;;+3. The summed E-state index contributed by atoms with van der Waals surface area (Å²) in [5.74, 6) is 0. The molecule has 0 aliphatic carbocycles. The van der Waals surface area contributed by atoms with E-state index < -0.39 is 0 Å². The molecule has 3 aromatic heterocycles. The van der Waals surface area contributed by atoms with E-state index in [1.807, 2.05) is 73.6 Å². The number of para-hydroxylation sites is 3. The minimum Gasteiger partial charge on any atom is -0.456 e. The molecule has 0 atom stereocenters. The average Bonchev–Trinajstić information content (AvgIpc) is 4.11. The van der Waals surface area contributed by atoms with Gasteiger partial charge in [0.25, 0.3) is 0 Å². The first-order valence-corrected chi connectivity index (χ1v) is 19.6. The maximum Gasteiger partial charge on any atom is 3.00 e. The number of furan rings is 3. The molecule has 0 saturated carbocycles. The van der Waals surface area contributed by atoms with Crippen LogP contribution in [0.15, 0.2) is 156 Å². The predicted octanol–water partition coefficient (Wildman–Crippen LogP) is 10.3. The van der Waals surface area contributed by atoms with E-state index in [9.17, 15) is 0 Å². The van der Waals surface area contributed by atoms with Gasteiger partial charge in [-0.25, -0.2) is 0 Å². The Bertz CT molecular complexity index is 2640. The van der Waals surface area contributed by atoms with Crippen molar-refractivity contribution >= 4 is 84.8 Å². The third kappa shape index (κ3) is 7.49. The van der Waals surface area contributed by atoms with Crippen molar-refractivity contribution in [2.45, 2.75) is 19.6 Å². The zero-order chi connectivity index (χ0) is 38.0. The maximum absolute atomic E-state index is 5.91. The van der Waals surface area contributed by atoms with Gasteiger partial charge in [-0.2, -0.15) is 0 Å². The van der Waals surface area contributed by atoms with Gasteiger partial charge in [0.05, 0.1) is 38.6 Å². The average molecular weight is 943 g/mol. The fourth-order valence-electron chi connectivity index (χ4n) is 8.21. The van der Waals surface area contributed by atoms with Crippen molar-refractivity contribution in [2.24, 2.45) is 15.0 Å². The molecule has 58 heavy (non-hydrogen) atoms. The number of aliphatic imine (C=N–C) groups is 3. The van der Waals surface area contributed by atoms with Crippen molar-refractivity contribution in [3.8, 4) is 0 Å². The molecular weight excluding hydrogens is 901 g/mol. The molecule has 10 heteroatoms. The van der Waals surface area contributed by atoms with Gasteiger partial charge in [0.1, 0.15) is 33.5 Å². The van der Waals surface area contributed by atoms with Gasteiger partial charge < -0.3 is 28.0 Å². The molecule has 0 fully saturated rings. The Morgan fingerprint density at radius 2 is 0.655 bits per heavy atom. The van der Waals surface area contributed by atoms with Crippen LogP contribution in [0.25, 0.3) is 65.8 Å². The molecule has 12 rings (SSSR count). The minimum absolute atomic E-state index is 0. The normalized spacial score (nSPS) is 14.6. The summed E-state index contributed by atoms with van der Waals surface area (Å²) in [4.78, 5) is 19.5. The van der Waals surface area contributed by atoms with Gasteiger partial charge in [0, 0.05) is 71.6 Å². The van der Waals surface area contributed by atoms with Gasteiger partial charge in [0.2, 0.25) is 0 Å². The number of rotatable bonds is 6. The number of benzene rings is 6. The first kappa shape index (κ1) is 37.4. The van der Waals surface area contributed by atoms with Gasteiger partial charge in [-0.1, -0.05) is 91.0 Å². The van der Waals surface area contributed by atoms with Crippen LogP contribution in [0.2, 0.25) is 0 Å². The molecule has 6 heterocycles. The van der Waals surface area contributed by atoms with Gasteiger partial charge in [0.15, 0.2) is 0 Å². The molecule has 0 N–H and O–H groups in total. The zero-order valence-corrected chi connectivity index (χ0v) is 34.4. The summed E-state index contributed by atoms with van der Waals surface area (Å²) in [6.45, 7) is 8.41. The van der Waals surface area contributed by atoms with Crippen molar-refractivity contribution < 1.29 is 33.4 Å². The quantitative estimate of drug-likeness (QED) is 0.165. The Kier molecular flexibility index (Phi) is 10.8. The van der Waals surface area contributed by atoms with E-state index >= 15 is 0 Å². The number of hydrogen-bond donors (Lipinski definition) is 0. The first-order valence-electron chi connectivity index (χ1n) is 19.6. The second kappa shape index (κ2) is 16.7. The largest absolute Gasteiger partial charge is 3.00 e. The SMILES string of the molecule is C1=NCCN1Cc1cccc2oc3ccccc3c12.C1=NCCN1Cc1cccc2oc3ccccc3c12.C1=NCCN1Cc1cccc2oc3ccccc3c12.[Ir+3]. The summed E-state index contributed by atoms with van der Waals surface area (Å²) >= 11 is 0. The van der Waals surface area contributed by atoms with Crippen LogP contribution in [-0.2, 0) is 39.7 Å². The van der Waals surface area contributed by atoms with Gasteiger partial charge in [-0.05, 0) is 53.1 Å². The molecule has 0 unspecified atom stereocenters. The third-order valence-corrected chi connectivity index (χ3v) is 10.9. The fraction of sp³-hybridized carbons (Fsp3) is 0.188. The Morgan fingerprint density at radius 1 is 0.362 bits per heavy atom. The molecule has 0 radical (unpaired) electrons. The van der Waals surface area contributed by atoms with Crippen molar-refractivity contribution in [3.05, 3.63) is 144 Å². The molecule has 9 nitrogen and oxygen atoms in total. The monoisotopic (exact) mass is 943 g/mol. The van der Waals surface area contributed by atoms with Crippen molar-refractivity contribution in [1.82, 2.24) is 14.7 Å². The van der Waals surface area contributed by atoms with E-state index in [4.69, 9.17) is 13.3 Å². The predicted molar refractivity (Wildman–Crippen MR) is 232 cm³/mol. The minimum atomic E-state index is 0. The Morgan fingerprint density at radius 3 is 0.948 bits per heavy atom. The molecule has 0 spiro atoms. The van der Waals surface area contributed by atoms with E-state index in [1.54, 1.807) is 0 Å². The summed E-state index contributed by atoms with van der Waals surface area (Å²) in [7, 11) is 0. The number of nitrogens with zero attached hydrogens (tertiary/aromatic N) is 6. The smallest absolute Gasteiger partial charge is 0.456 e. The van der Waals surface area contributed by atoms with E-state index in [1.165, 1.54) is 49.0 Å². The number of fused-ring (bicyclic) bond motifs is 9. The zero-order valence-electron chi connectivity index (χ0n) is 32.0. The molecule has 0 amide bonds. The van der Waals surface area contributed by atoms with Gasteiger partial charge in [-0.3, -0.25) is 15.0 Å². The number of hydrogen-bond acceptors (Lipinski definition) is 9. The van der Waals surface area contributed by atoms with Crippen molar-refractivity contribution in [3.63, 3.8) is 0 Å². The van der Waals surface area contributed by atoms with Crippen LogP contribution in [0.5, 0.6) is 0 Å². The summed E-state index contributed by atoms with van der Waals surface area (Å²) in [5, 5.41) is 7.30. The summed E-state index contributed by atoms with van der Waals surface area (Å²) in [6, 6.07) is 43.5. The Hall–Kier alpha value is -6.22. The third-order valence-electron chi connectivity index (χ3n) is 10.9. The van der Waals surface area contributed by atoms with Gasteiger partial charge in [-0.15, -0.1) is 0 Å².